The van der Waals surface area contributed by atoms with E-state index in [2.05, 4.69) is 87.8 Å². The molecule has 0 saturated carbocycles. The fourth-order valence-corrected chi connectivity index (χ4v) is 6.51. The number of nitrogens with zero attached hydrogens (tertiary/aromatic N) is 5. The molecule has 8 aromatic rings. The molecule has 0 unspecified atom stereocenters. The Kier molecular flexibility index (Phi) is 7.03. The van der Waals surface area contributed by atoms with Crippen LogP contribution >= 0.6 is 11.3 Å². The maximum atomic E-state index is 4.79. The fraction of sp³-hybridized carbons (Fsp3) is 0.0270. The Bertz CT molecular complexity index is 2260. The number of hydrogen-bond acceptors (Lipinski definition) is 5. The topological polar surface area (TPSA) is 56.5 Å². The quantitative estimate of drug-likeness (QED) is 0.197. The second kappa shape index (κ2) is 11.4. The largest absolute Gasteiger partial charge is 0.308 e. The van der Waals surface area contributed by atoms with E-state index in [9.17, 15) is 0 Å². The fourth-order valence-electron chi connectivity index (χ4n) is 5.39. The summed E-state index contributed by atoms with van der Waals surface area (Å²) in [6.45, 7) is 5.42. The Labute approximate surface area is 253 Å². The highest BCUT2D eigenvalue weighted by atomic mass is 32.1. The van der Waals surface area contributed by atoms with E-state index in [0.29, 0.717) is 11.6 Å². The lowest BCUT2D eigenvalue weighted by Gasteiger charge is -2.09. The summed E-state index contributed by atoms with van der Waals surface area (Å²) in [6.07, 6.45) is 9.02. The van der Waals surface area contributed by atoms with E-state index >= 15 is 0 Å². The van der Waals surface area contributed by atoms with E-state index in [1.165, 1.54) is 20.2 Å². The number of fused-ring (bicyclic) bond motifs is 6. The standard InChI is InChI=1S/C32H19N5S.C5H8/c1-2-7-20(8-3-1)31-34-19-35-32(36-31)21-12-14-22(15-13-21)37-26-10-6-16-33-30(26)25-17-24-23-9-4-5-11-28(23)38-29(24)18-27(25)37;1-3-5-4-2/h1-19H;3-5H,1H2,2H3/b;5-4-. The minimum absolute atomic E-state index is 0.654. The summed E-state index contributed by atoms with van der Waals surface area (Å²) < 4.78 is 4.88. The van der Waals surface area contributed by atoms with E-state index in [4.69, 9.17) is 9.97 Å². The molecule has 0 atom stereocenters. The van der Waals surface area contributed by atoms with Gasteiger partial charge in [0.15, 0.2) is 11.6 Å². The summed E-state index contributed by atoms with van der Waals surface area (Å²) in [5, 5.41) is 3.73. The molecule has 0 saturated heterocycles. The molecular formula is C37H27N5S. The van der Waals surface area contributed by atoms with E-state index < -0.39 is 0 Å². The van der Waals surface area contributed by atoms with Crippen molar-refractivity contribution in [3.05, 3.63) is 140 Å². The Morgan fingerprint density at radius 3 is 2.16 bits per heavy atom. The molecule has 0 fully saturated rings. The first kappa shape index (κ1) is 26.4. The highest BCUT2D eigenvalue weighted by Crippen LogP contribution is 2.40. The number of hydrogen-bond donors (Lipinski definition) is 0. The van der Waals surface area contributed by atoms with E-state index in [0.717, 1.165) is 38.8 Å². The molecule has 4 aromatic heterocycles. The second-order valence-electron chi connectivity index (χ2n) is 9.98. The summed E-state index contributed by atoms with van der Waals surface area (Å²) in [5.74, 6) is 1.32. The molecule has 0 aliphatic carbocycles. The van der Waals surface area contributed by atoms with Gasteiger partial charge >= 0.3 is 0 Å². The van der Waals surface area contributed by atoms with E-state index in [1.54, 1.807) is 12.4 Å². The van der Waals surface area contributed by atoms with Gasteiger partial charge in [-0.25, -0.2) is 15.0 Å². The van der Waals surface area contributed by atoms with Gasteiger partial charge in [0.25, 0.3) is 0 Å². The Morgan fingerprint density at radius 1 is 0.674 bits per heavy atom. The van der Waals surface area contributed by atoms with Crippen LogP contribution in [0.4, 0.5) is 0 Å². The molecule has 0 amide bonds. The highest BCUT2D eigenvalue weighted by molar-refractivity contribution is 7.25. The molecule has 0 aliphatic rings. The normalized spacial score (nSPS) is 11.4. The summed E-state index contributed by atoms with van der Waals surface area (Å²) in [5.41, 5.74) is 6.23. The first-order chi connectivity index (χ1) is 21.2. The number of pyridine rings is 1. The molecule has 5 nitrogen and oxygen atoms in total. The van der Waals surface area contributed by atoms with Crippen molar-refractivity contribution < 1.29 is 0 Å². The number of aromatic nitrogens is 5. The SMILES string of the molecule is C=C/C=C\C.c1ccc(-c2ncnc(-c3ccc(-n4c5cc6sc7ccccc7c6cc5c5ncccc54)cc3)n2)cc1. The average molecular weight is 574 g/mol. The molecular weight excluding hydrogens is 547 g/mol. The van der Waals surface area contributed by atoms with Crippen LogP contribution in [0.1, 0.15) is 6.92 Å². The van der Waals surface area contributed by atoms with Gasteiger partial charge in [0, 0.05) is 48.6 Å². The zero-order valence-corrected chi connectivity index (χ0v) is 24.4. The van der Waals surface area contributed by atoms with Crippen LogP contribution in [0.25, 0.3) is 70.6 Å². The average Bonchev–Trinajstić information content (AvgIpc) is 3.60. The molecule has 6 heteroatoms. The van der Waals surface area contributed by atoms with Gasteiger partial charge in [0.05, 0.1) is 16.6 Å². The third-order valence-corrected chi connectivity index (χ3v) is 8.47. The van der Waals surface area contributed by atoms with Gasteiger partial charge in [-0.15, -0.1) is 11.3 Å². The third kappa shape index (κ3) is 4.88. The molecule has 0 spiro atoms. The monoisotopic (exact) mass is 573 g/mol. The number of benzene rings is 4. The van der Waals surface area contributed by atoms with Crippen molar-refractivity contribution in [1.29, 1.82) is 0 Å². The lowest BCUT2D eigenvalue weighted by molar-refractivity contribution is 1.06. The summed E-state index contributed by atoms with van der Waals surface area (Å²) >= 11 is 1.83. The Balaban J connectivity index is 0.000000558. The molecule has 206 valence electrons. The van der Waals surface area contributed by atoms with Crippen LogP contribution < -0.4 is 0 Å². The maximum Gasteiger partial charge on any atom is 0.163 e. The molecule has 0 radical (unpaired) electrons. The van der Waals surface area contributed by atoms with Crippen LogP contribution in [-0.4, -0.2) is 24.5 Å². The van der Waals surface area contributed by atoms with Crippen molar-refractivity contribution in [2.45, 2.75) is 6.92 Å². The van der Waals surface area contributed by atoms with Crippen LogP contribution in [0.5, 0.6) is 0 Å². The van der Waals surface area contributed by atoms with Gasteiger partial charge < -0.3 is 4.57 Å². The summed E-state index contributed by atoms with van der Waals surface area (Å²) in [7, 11) is 0. The molecule has 0 N–H and O–H groups in total. The third-order valence-electron chi connectivity index (χ3n) is 7.33. The molecule has 0 bridgehead atoms. The molecule has 8 rings (SSSR count). The van der Waals surface area contributed by atoms with Crippen molar-refractivity contribution >= 4 is 53.4 Å². The molecule has 4 heterocycles. The predicted octanol–water partition coefficient (Wildman–Crippen LogP) is 9.81. The van der Waals surface area contributed by atoms with Crippen LogP contribution in [0.3, 0.4) is 0 Å². The minimum Gasteiger partial charge on any atom is -0.308 e. The molecule has 0 aliphatic heterocycles. The van der Waals surface area contributed by atoms with Crippen LogP contribution in [0.15, 0.2) is 140 Å². The lowest BCUT2D eigenvalue weighted by Crippen LogP contribution is -1.97. The number of rotatable bonds is 4. The second-order valence-corrected chi connectivity index (χ2v) is 11.1. The van der Waals surface area contributed by atoms with Crippen LogP contribution in [-0.2, 0) is 0 Å². The number of allylic oxidation sites excluding steroid dienone is 3. The van der Waals surface area contributed by atoms with Gasteiger partial charge in [-0.3, -0.25) is 4.98 Å². The summed E-state index contributed by atoms with van der Waals surface area (Å²) in [6, 6.07) is 35.7. The van der Waals surface area contributed by atoms with Crippen LogP contribution in [0.2, 0.25) is 0 Å². The zero-order valence-electron chi connectivity index (χ0n) is 23.6. The lowest BCUT2D eigenvalue weighted by atomic mass is 10.1. The molecule has 43 heavy (non-hydrogen) atoms. The first-order valence-corrected chi connectivity index (χ1v) is 14.9. The molecule has 4 aromatic carbocycles. The zero-order chi connectivity index (χ0) is 29.2. The highest BCUT2D eigenvalue weighted by Gasteiger charge is 2.16. The van der Waals surface area contributed by atoms with Crippen molar-refractivity contribution in [2.24, 2.45) is 0 Å². The summed E-state index contributed by atoms with van der Waals surface area (Å²) in [4.78, 5) is 18.3. The van der Waals surface area contributed by atoms with E-state index in [1.807, 2.05) is 73.0 Å². The van der Waals surface area contributed by atoms with Crippen molar-refractivity contribution in [2.75, 3.05) is 0 Å². The Hall–Kier alpha value is -5.46. The van der Waals surface area contributed by atoms with Gasteiger partial charge in [-0.1, -0.05) is 73.3 Å². The van der Waals surface area contributed by atoms with E-state index in [-0.39, 0.29) is 0 Å². The van der Waals surface area contributed by atoms with Crippen molar-refractivity contribution in [3.8, 4) is 28.5 Å². The van der Waals surface area contributed by atoms with Gasteiger partial charge in [-0.05, 0) is 61.5 Å². The van der Waals surface area contributed by atoms with Gasteiger partial charge in [0.2, 0.25) is 0 Å². The smallest absolute Gasteiger partial charge is 0.163 e. The number of thiophene rings is 1. The maximum absolute atomic E-state index is 4.79. The van der Waals surface area contributed by atoms with Crippen LogP contribution in [0, 0.1) is 0 Å². The van der Waals surface area contributed by atoms with Gasteiger partial charge in [0.1, 0.15) is 6.33 Å². The van der Waals surface area contributed by atoms with Crippen molar-refractivity contribution in [3.63, 3.8) is 0 Å². The Morgan fingerprint density at radius 2 is 1.42 bits per heavy atom. The minimum atomic E-state index is 0.654. The van der Waals surface area contributed by atoms with Crippen molar-refractivity contribution in [1.82, 2.24) is 24.5 Å². The van der Waals surface area contributed by atoms with Gasteiger partial charge in [-0.2, -0.15) is 0 Å². The predicted molar refractivity (Wildman–Crippen MR) is 181 cm³/mol. The first-order valence-electron chi connectivity index (χ1n) is 14.0.